The van der Waals surface area contributed by atoms with Crippen molar-refractivity contribution in [2.45, 2.75) is 39.7 Å². The molecule has 0 aliphatic rings. The van der Waals surface area contributed by atoms with Crippen molar-refractivity contribution in [2.24, 2.45) is 7.05 Å². The number of aliphatic hydroxyl groups is 1. The summed E-state index contributed by atoms with van der Waals surface area (Å²) in [6.45, 7) is 6.10. The van der Waals surface area contributed by atoms with Gasteiger partial charge in [-0.3, -0.25) is 9.48 Å². The van der Waals surface area contributed by atoms with Crippen molar-refractivity contribution in [2.75, 3.05) is 6.54 Å². The second-order valence-electron chi connectivity index (χ2n) is 5.33. The van der Waals surface area contributed by atoms with Crippen molar-refractivity contribution in [1.82, 2.24) is 20.1 Å². The summed E-state index contributed by atoms with van der Waals surface area (Å²) in [5.74, 6) is -0.148. The van der Waals surface area contributed by atoms with E-state index in [1.54, 1.807) is 10.7 Å². The number of carbonyl (C=O) groups is 1. The van der Waals surface area contributed by atoms with E-state index in [4.69, 9.17) is 0 Å². The first-order valence-electron chi connectivity index (χ1n) is 7.21. The number of aliphatic hydroxyl groups excluding tert-OH is 1. The van der Waals surface area contributed by atoms with Gasteiger partial charge in [-0.2, -0.15) is 5.10 Å². The lowest BCUT2D eigenvalue weighted by Gasteiger charge is -2.10. The van der Waals surface area contributed by atoms with Gasteiger partial charge in [0.05, 0.1) is 22.7 Å². The van der Waals surface area contributed by atoms with Crippen LogP contribution in [0.25, 0.3) is 11.0 Å². The molecule has 2 rings (SSSR count). The number of hydrogen-bond acceptors (Lipinski definition) is 4. The number of hydrogen-bond donors (Lipinski definition) is 2. The molecule has 0 spiro atoms. The third kappa shape index (κ3) is 3.21. The second kappa shape index (κ2) is 6.22. The van der Waals surface area contributed by atoms with Crippen LogP contribution in [0.1, 0.15) is 41.5 Å². The third-order valence-electron chi connectivity index (χ3n) is 3.58. The minimum atomic E-state index is -0.371. The molecule has 1 unspecified atom stereocenters. The Kier molecular flexibility index (Phi) is 4.57. The predicted octanol–water partition coefficient (Wildman–Crippen LogP) is 1.48. The van der Waals surface area contributed by atoms with Gasteiger partial charge in [0.2, 0.25) is 0 Å². The SMILES string of the molecule is CCC(O)CCNC(=O)c1cc(C)nc2c1c(C)nn2C. The normalized spacial score (nSPS) is 12.6. The van der Waals surface area contributed by atoms with Crippen LogP contribution in [-0.4, -0.2) is 38.4 Å². The summed E-state index contributed by atoms with van der Waals surface area (Å²) < 4.78 is 1.69. The molecule has 1 amide bonds. The van der Waals surface area contributed by atoms with Crippen molar-refractivity contribution in [3.05, 3.63) is 23.0 Å². The smallest absolute Gasteiger partial charge is 0.252 e. The molecule has 1 atom stereocenters. The van der Waals surface area contributed by atoms with E-state index in [0.717, 1.165) is 16.8 Å². The Balaban J connectivity index is 2.26. The molecule has 2 aromatic rings. The predicted molar refractivity (Wildman–Crippen MR) is 81.2 cm³/mol. The minimum Gasteiger partial charge on any atom is -0.393 e. The van der Waals surface area contributed by atoms with Crippen LogP contribution in [0.2, 0.25) is 0 Å². The molecule has 6 heteroatoms. The highest BCUT2D eigenvalue weighted by Crippen LogP contribution is 2.21. The highest BCUT2D eigenvalue weighted by Gasteiger charge is 2.17. The monoisotopic (exact) mass is 290 g/mol. The van der Waals surface area contributed by atoms with E-state index < -0.39 is 0 Å². The Labute approximate surface area is 124 Å². The molecule has 0 saturated carbocycles. The number of aromatic nitrogens is 3. The molecule has 2 heterocycles. The number of fused-ring (bicyclic) bond motifs is 1. The van der Waals surface area contributed by atoms with Crippen molar-refractivity contribution in [1.29, 1.82) is 0 Å². The fourth-order valence-electron chi connectivity index (χ4n) is 2.40. The molecule has 0 aliphatic carbocycles. The van der Waals surface area contributed by atoms with Crippen LogP contribution in [0.15, 0.2) is 6.07 Å². The molecule has 0 bridgehead atoms. The summed E-state index contributed by atoms with van der Waals surface area (Å²) in [6.07, 6.45) is 0.877. The number of pyridine rings is 1. The Morgan fingerprint density at radius 1 is 1.48 bits per heavy atom. The first kappa shape index (κ1) is 15.4. The fourth-order valence-corrected chi connectivity index (χ4v) is 2.40. The van der Waals surface area contributed by atoms with E-state index >= 15 is 0 Å². The van der Waals surface area contributed by atoms with Gasteiger partial charge in [0.25, 0.3) is 5.91 Å². The lowest BCUT2D eigenvalue weighted by Crippen LogP contribution is -2.27. The average molecular weight is 290 g/mol. The first-order valence-corrected chi connectivity index (χ1v) is 7.21. The topological polar surface area (TPSA) is 80.0 Å². The van der Waals surface area contributed by atoms with Crippen LogP contribution in [0.5, 0.6) is 0 Å². The third-order valence-corrected chi connectivity index (χ3v) is 3.58. The van der Waals surface area contributed by atoms with Gasteiger partial charge < -0.3 is 10.4 Å². The van der Waals surface area contributed by atoms with Crippen molar-refractivity contribution in [3.8, 4) is 0 Å². The Bertz CT molecular complexity index is 663. The maximum atomic E-state index is 12.4. The van der Waals surface area contributed by atoms with Gasteiger partial charge in [-0.05, 0) is 32.8 Å². The van der Waals surface area contributed by atoms with E-state index in [9.17, 15) is 9.90 Å². The zero-order valence-corrected chi connectivity index (χ0v) is 13.0. The van der Waals surface area contributed by atoms with Crippen molar-refractivity contribution >= 4 is 16.9 Å². The molecule has 6 nitrogen and oxygen atoms in total. The lowest BCUT2D eigenvalue weighted by molar-refractivity contribution is 0.0943. The number of amides is 1. The molecule has 114 valence electrons. The van der Waals surface area contributed by atoms with Crippen LogP contribution < -0.4 is 5.32 Å². The quantitative estimate of drug-likeness (QED) is 0.874. The number of carbonyl (C=O) groups excluding carboxylic acids is 1. The largest absolute Gasteiger partial charge is 0.393 e. The lowest BCUT2D eigenvalue weighted by atomic mass is 10.1. The van der Waals surface area contributed by atoms with Crippen LogP contribution in [0, 0.1) is 13.8 Å². The summed E-state index contributed by atoms with van der Waals surface area (Å²) >= 11 is 0. The van der Waals surface area contributed by atoms with E-state index in [0.29, 0.717) is 30.6 Å². The van der Waals surface area contributed by atoms with Crippen molar-refractivity contribution in [3.63, 3.8) is 0 Å². The highest BCUT2D eigenvalue weighted by molar-refractivity contribution is 6.06. The molecule has 0 saturated heterocycles. The van der Waals surface area contributed by atoms with Gasteiger partial charge in [-0.15, -0.1) is 0 Å². The van der Waals surface area contributed by atoms with Gasteiger partial charge in [0.15, 0.2) is 5.65 Å². The van der Waals surface area contributed by atoms with Gasteiger partial charge >= 0.3 is 0 Å². The summed E-state index contributed by atoms with van der Waals surface area (Å²) in [4.78, 5) is 16.8. The van der Waals surface area contributed by atoms with E-state index in [2.05, 4.69) is 15.4 Å². The van der Waals surface area contributed by atoms with Crippen LogP contribution in [0.4, 0.5) is 0 Å². The molecule has 2 N–H and O–H groups in total. The van der Waals surface area contributed by atoms with Crippen LogP contribution in [0.3, 0.4) is 0 Å². The standard InChI is InChI=1S/C15H22N4O2/c1-5-11(20)6-7-16-15(21)12-8-9(2)17-14-13(12)10(3)18-19(14)4/h8,11,20H,5-7H2,1-4H3,(H,16,21). The second-order valence-corrected chi connectivity index (χ2v) is 5.33. The Hall–Kier alpha value is -1.95. The maximum absolute atomic E-state index is 12.4. The number of rotatable bonds is 5. The van der Waals surface area contributed by atoms with E-state index in [1.165, 1.54) is 0 Å². The number of nitrogens with one attached hydrogen (secondary N) is 1. The summed E-state index contributed by atoms with van der Waals surface area (Å²) in [6, 6.07) is 1.78. The molecule has 21 heavy (non-hydrogen) atoms. The Morgan fingerprint density at radius 3 is 2.86 bits per heavy atom. The molecular formula is C15H22N4O2. The van der Waals surface area contributed by atoms with E-state index in [1.807, 2.05) is 27.8 Å². The minimum absolute atomic E-state index is 0.148. The number of aryl methyl sites for hydroxylation is 3. The fraction of sp³-hybridized carbons (Fsp3) is 0.533. The van der Waals surface area contributed by atoms with Gasteiger partial charge in [-0.1, -0.05) is 6.92 Å². The molecule has 2 aromatic heterocycles. The molecule has 0 fully saturated rings. The van der Waals surface area contributed by atoms with E-state index in [-0.39, 0.29) is 12.0 Å². The van der Waals surface area contributed by atoms with Gasteiger partial charge in [0, 0.05) is 19.3 Å². The summed E-state index contributed by atoms with van der Waals surface area (Å²) in [5, 5.41) is 17.5. The molecule has 0 aliphatic heterocycles. The van der Waals surface area contributed by atoms with Crippen molar-refractivity contribution < 1.29 is 9.90 Å². The Morgan fingerprint density at radius 2 is 2.19 bits per heavy atom. The zero-order valence-electron chi connectivity index (χ0n) is 13.0. The molecule has 0 aromatic carbocycles. The summed E-state index contributed by atoms with van der Waals surface area (Å²) in [7, 11) is 1.82. The maximum Gasteiger partial charge on any atom is 0.252 e. The average Bonchev–Trinajstić information content (AvgIpc) is 2.72. The number of nitrogens with zero attached hydrogens (tertiary/aromatic N) is 3. The molecule has 0 radical (unpaired) electrons. The van der Waals surface area contributed by atoms with Crippen LogP contribution in [-0.2, 0) is 7.05 Å². The van der Waals surface area contributed by atoms with Gasteiger partial charge in [0.1, 0.15) is 0 Å². The summed E-state index contributed by atoms with van der Waals surface area (Å²) in [5.41, 5.74) is 2.88. The van der Waals surface area contributed by atoms with Crippen LogP contribution >= 0.6 is 0 Å². The molecular weight excluding hydrogens is 268 g/mol. The van der Waals surface area contributed by atoms with Gasteiger partial charge in [-0.25, -0.2) is 4.98 Å². The highest BCUT2D eigenvalue weighted by atomic mass is 16.3. The first-order chi connectivity index (χ1) is 9.93. The zero-order chi connectivity index (χ0) is 15.6.